The summed E-state index contributed by atoms with van der Waals surface area (Å²) < 4.78 is 1.76. The van der Waals surface area contributed by atoms with E-state index in [1.807, 2.05) is 24.3 Å². The van der Waals surface area contributed by atoms with Gasteiger partial charge in [-0.25, -0.2) is 4.98 Å². The molecule has 106 valence electrons. The molecule has 0 spiro atoms. The molecular formula is C13H12N6OS. The Morgan fingerprint density at radius 1 is 1.33 bits per heavy atom. The van der Waals surface area contributed by atoms with E-state index in [4.69, 9.17) is 5.73 Å². The lowest BCUT2D eigenvalue weighted by Crippen LogP contribution is -2.11. The molecule has 21 heavy (non-hydrogen) atoms. The highest BCUT2D eigenvalue weighted by Crippen LogP contribution is 2.22. The second-order valence-electron chi connectivity index (χ2n) is 4.34. The Balaban J connectivity index is 1.84. The normalized spacial score (nSPS) is 10.5. The summed E-state index contributed by atoms with van der Waals surface area (Å²) in [6, 6.07) is 7.39. The molecule has 2 aromatic heterocycles. The lowest BCUT2D eigenvalue weighted by atomic mass is 10.2. The smallest absolute Gasteiger partial charge is 0.267 e. The van der Waals surface area contributed by atoms with Gasteiger partial charge in [0.05, 0.1) is 11.4 Å². The molecule has 3 N–H and O–H groups in total. The van der Waals surface area contributed by atoms with Crippen LogP contribution in [-0.2, 0) is 0 Å². The van der Waals surface area contributed by atoms with Crippen molar-refractivity contribution in [3.05, 3.63) is 47.5 Å². The molecule has 0 saturated carbocycles. The first-order chi connectivity index (χ1) is 10.1. The summed E-state index contributed by atoms with van der Waals surface area (Å²) in [5, 5.41) is 10.7. The Morgan fingerprint density at radius 3 is 2.76 bits per heavy atom. The first-order valence-corrected chi connectivity index (χ1v) is 6.94. The Hall–Kier alpha value is -2.74. The standard InChI is InChI=1S/C13H12N6OS/c1-8-11(21-13(14)17-8)12(20)18-9-3-2-4-10(5-9)19-6-15-16-7-19/h2-7H,1H3,(H2,14,17)(H,18,20). The van der Waals surface area contributed by atoms with Crippen LogP contribution in [0, 0.1) is 6.92 Å². The van der Waals surface area contributed by atoms with Crippen molar-refractivity contribution in [2.45, 2.75) is 6.92 Å². The van der Waals surface area contributed by atoms with Crippen molar-refractivity contribution in [3.63, 3.8) is 0 Å². The third-order valence-corrected chi connectivity index (χ3v) is 3.83. The van der Waals surface area contributed by atoms with Gasteiger partial charge < -0.3 is 11.1 Å². The zero-order valence-corrected chi connectivity index (χ0v) is 12.0. The summed E-state index contributed by atoms with van der Waals surface area (Å²) in [5.74, 6) is -0.220. The van der Waals surface area contributed by atoms with Gasteiger partial charge in [0.2, 0.25) is 0 Å². The monoisotopic (exact) mass is 300 g/mol. The topological polar surface area (TPSA) is 98.7 Å². The number of aryl methyl sites for hydroxylation is 1. The number of rotatable bonds is 3. The van der Waals surface area contributed by atoms with Crippen LogP contribution in [0.3, 0.4) is 0 Å². The maximum absolute atomic E-state index is 12.2. The van der Waals surface area contributed by atoms with Crippen molar-refractivity contribution >= 4 is 28.1 Å². The minimum atomic E-state index is -0.220. The van der Waals surface area contributed by atoms with Gasteiger partial charge in [-0.1, -0.05) is 17.4 Å². The Labute approximate surface area is 124 Å². The molecule has 3 rings (SSSR count). The van der Waals surface area contributed by atoms with Gasteiger partial charge in [0.1, 0.15) is 17.5 Å². The quantitative estimate of drug-likeness (QED) is 0.769. The maximum atomic E-state index is 12.2. The van der Waals surface area contributed by atoms with Gasteiger partial charge in [0.15, 0.2) is 5.13 Å². The molecule has 8 heteroatoms. The summed E-state index contributed by atoms with van der Waals surface area (Å²) in [5.41, 5.74) is 7.78. The molecule has 0 atom stereocenters. The summed E-state index contributed by atoms with van der Waals surface area (Å²) in [6.45, 7) is 1.76. The van der Waals surface area contributed by atoms with Crippen LogP contribution in [-0.4, -0.2) is 25.7 Å². The minimum absolute atomic E-state index is 0.220. The van der Waals surface area contributed by atoms with Gasteiger partial charge in [-0.05, 0) is 25.1 Å². The fourth-order valence-electron chi connectivity index (χ4n) is 1.89. The molecular weight excluding hydrogens is 288 g/mol. The second-order valence-corrected chi connectivity index (χ2v) is 5.37. The number of aromatic nitrogens is 4. The van der Waals surface area contributed by atoms with Gasteiger partial charge in [-0.2, -0.15) is 0 Å². The van der Waals surface area contributed by atoms with E-state index in [0.29, 0.717) is 21.4 Å². The fourth-order valence-corrected chi connectivity index (χ4v) is 2.62. The zero-order valence-electron chi connectivity index (χ0n) is 11.1. The predicted octanol–water partition coefficient (Wildman–Crippen LogP) is 1.87. The number of thiazole rings is 1. The minimum Gasteiger partial charge on any atom is -0.375 e. The van der Waals surface area contributed by atoms with Gasteiger partial charge in [0.25, 0.3) is 5.91 Å². The maximum Gasteiger partial charge on any atom is 0.267 e. The molecule has 2 heterocycles. The van der Waals surface area contributed by atoms with E-state index >= 15 is 0 Å². The number of carbonyl (C=O) groups excluding carboxylic acids is 1. The van der Waals surface area contributed by atoms with Gasteiger partial charge in [-0.15, -0.1) is 10.2 Å². The van der Waals surface area contributed by atoms with E-state index in [2.05, 4.69) is 20.5 Å². The molecule has 0 radical (unpaired) electrons. The number of hydrogen-bond donors (Lipinski definition) is 2. The molecule has 7 nitrogen and oxygen atoms in total. The van der Waals surface area contributed by atoms with E-state index in [1.54, 1.807) is 24.1 Å². The molecule has 0 bridgehead atoms. The van der Waals surface area contributed by atoms with Gasteiger partial charge >= 0.3 is 0 Å². The number of anilines is 2. The Kier molecular flexibility index (Phi) is 3.36. The Bertz CT molecular complexity index is 780. The first-order valence-electron chi connectivity index (χ1n) is 6.13. The Morgan fingerprint density at radius 2 is 2.10 bits per heavy atom. The van der Waals surface area contributed by atoms with Crippen molar-refractivity contribution in [1.82, 2.24) is 19.7 Å². The molecule has 1 amide bonds. The van der Waals surface area contributed by atoms with Crippen LogP contribution in [0.1, 0.15) is 15.4 Å². The van der Waals surface area contributed by atoms with Gasteiger partial charge in [-0.3, -0.25) is 9.36 Å². The van der Waals surface area contributed by atoms with Crippen LogP contribution in [0.2, 0.25) is 0 Å². The van der Waals surface area contributed by atoms with Crippen LogP contribution >= 0.6 is 11.3 Å². The fraction of sp³-hybridized carbons (Fsp3) is 0.0769. The highest BCUT2D eigenvalue weighted by atomic mass is 32.1. The predicted molar refractivity (Wildman–Crippen MR) is 80.6 cm³/mol. The molecule has 0 saturated heterocycles. The lowest BCUT2D eigenvalue weighted by molar-refractivity contribution is 0.103. The third-order valence-electron chi connectivity index (χ3n) is 2.84. The van der Waals surface area contributed by atoms with Crippen molar-refractivity contribution < 1.29 is 4.79 Å². The van der Waals surface area contributed by atoms with E-state index in [0.717, 1.165) is 5.69 Å². The SMILES string of the molecule is Cc1nc(N)sc1C(=O)Nc1cccc(-n2cnnc2)c1. The van der Waals surface area contributed by atoms with Crippen molar-refractivity contribution in [2.24, 2.45) is 0 Å². The molecule has 0 aliphatic rings. The van der Waals surface area contributed by atoms with Crippen LogP contribution in [0.25, 0.3) is 5.69 Å². The van der Waals surface area contributed by atoms with Crippen molar-refractivity contribution in [2.75, 3.05) is 11.1 Å². The number of carbonyl (C=O) groups is 1. The van der Waals surface area contributed by atoms with Crippen molar-refractivity contribution in [3.8, 4) is 5.69 Å². The summed E-state index contributed by atoms with van der Waals surface area (Å²) >= 11 is 1.17. The highest BCUT2D eigenvalue weighted by Gasteiger charge is 2.14. The zero-order chi connectivity index (χ0) is 14.8. The van der Waals surface area contributed by atoms with Crippen LogP contribution in [0.15, 0.2) is 36.9 Å². The van der Waals surface area contributed by atoms with Crippen LogP contribution in [0.4, 0.5) is 10.8 Å². The number of nitrogen functional groups attached to an aromatic ring is 1. The molecule has 0 aliphatic carbocycles. The summed E-state index contributed by atoms with van der Waals surface area (Å²) in [6.07, 6.45) is 3.18. The summed E-state index contributed by atoms with van der Waals surface area (Å²) in [4.78, 5) is 16.8. The first kappa shape index (κ1) is 13.3. The highest BCUT2D eigenvalue weighted by molar-refractivity contribution is 7.17. The molecule has 0 unspecified atom stereocenters. The van der Waals surface area contributed by atoms with Crippen LogP contribution in [0.5, 0.6) is 0 Å². The molecule has 0 fully saturated rings. The van der Waals surface area contributed by atoms with E-state index in [-0.39, 0.29) is 5.91 Å². The second kappa shape index (κ2) is 5.33. The number of hydrogen-bond acceptors (Lipinski definition) is 6. The molecule has 0 aliphatic heterocycles. The van der Waals surface area contributed by atoms with Crippen molar-refractivity contribution in [1.29, 1.82) is 0 Å². The number of benzene rings is 1. The number of nitrogens with two attached hydrogens (primary N) is 1. The lowest BCUT2D eigenvalue weighted by Gasteiger charge is -2.07. The van der Waals surface area contributed by atoms with Gasteiger partial charge in [0, 0.05) is 5.69 Å². The van der Waals surface area contributed by atoms with E-state index in [9.17, 15) is 4.79 Å². The average molecular weight is 300 g/mol. The van der Waals surface area contributed by atoms with E-state index < -0.39 is 0 Å². The average Bonchev–Trinajstić information content (AvgIpc) is 3.08. The molecule has 3 aromatic rings. The number of nitrogens with one attached hydrogen (secondary N) is 1. The largest absolute Gasteiger partial charge is 0.375 e. The van der Waals surface area contributed by atoms with Crippen LogP contribution < -0.4 is 11.1 Å². The third kappa shape index (κ3) is 2.75. The number of nitrogens with zero attached hydrogens (tertiary/aromatic N) is 4. The number of amides is 1. The molecule has 1 aromatic carbocycles. The van der Waals surface area contributed by atoms with E-state index in [1.165, 1.54) is 11.3 Å². The summed E-state index contributed by atoms with van der Waals surface area (Å²) in [7, 11) is 0.